The molecule has 2 aliphatic heterocycles. The van der Waals surface area contributed by atoms with Crippen LogP contribution in [-0.4, -0.2) is 59.9 Å². The first-order valence-corrected chi connectivity index (χ1v) is 10.6. The zero-order chi connectivity index (χ0) is 22.3. The van der Waals surface area contributed by atoms with Crippen LogP contribution in [0.4, 0.5) is 0 Å². The van der Waals surface area contributed by atoms with Crippen molar-refractivity contribution in [1.29, 1.82) is 0 Å². The summed E-state index contributed by atoms with van der Waals surface area (Å²) in [5.41, 5.74) is 1.54. The molecule has 31 heavy (non-hydrogen) atoms. The Morgan fingerprint density at radius 3 is 2.68 bits per heavy atom. The third-order valence-electron chi connectivity index (χ3n) is 5.74. The second-order valence-electron chi connectivity index (χ2n) is 8.55. The molecule has 0 spiro atoms. The fourth-order valence-electron chi connectivity index (χ4n) is 4.29. The molecule has 0 aliphatic carbocycles. The van der Waals surface area contributed by atoms with Crippen LogP contribution in [0.3, 0.4) is 0 Å². The molecular weight excluding hydrogens is 396 g/mol. The monoisotopic (exact) mass is 424 g/mol. The quantitative estimate of drug-likeness (QED) is 0.435. The number of carbonyl (C=O) groups excluding carboxylic acids is 2. The van der Waals surface area contributed by atoms with Crippen LogP contribution in [0.5, 0.6) is 5.75 Å². The summed E-state index contributed by atoms with van der Waals surface area (Å²) in [7, 11) is 3.92. The Morgan fingerprint density at radius 2 is 2.00 bits per heavy atom. The van der Waals surface area contributed by atoms with Crippen molar-refractivity contribution in [2.24, 2.45) is 0 Å². The number of carbonyl (C=O) groups is 2. The maximum atomic E-state index is 13.0. The molecule has 7 nitrogen and oxygen atoms in total. The molecule has 0 radical (unpaired) electrons. The van der Waals surface area contributed by atoms with Crippen LogP contribution in [0.25, 0.3) is 5.76 Å². The number of Topliss-reactive ketones (excluding diaryl/α,β-unsaturated/α-hetero) is 1. The van der Waals surface area contributed by atoms with E-state index in [9.17, 15) is 14.7 Å². The van der Waals surface area contributed by atoms with Crippen molar-refractivity contribution >= 4 is 17.4 Å². The summed E-state index contributed by atoms with van der Waals surface area (Å²) in [6, 6.07) is 8.15. The van der Waals surface area contributed by atoms with E-state index in [4.69, 9.17) is 9.15 Å². The van der Waals surface area contributed by atoms with Gasteiger partial charge in [-0.1, -0.05) is 0 Å². The topological polar surface area (TPSA) is 83.2 Å². The molecule has 2 atom stereocenters. The Bertz CT molecular complexity index is 1050. The Labute approximate surface area is 181 Å². The van der Waals surface area contributed by atoms with Crippen molar-refractivity contribution in [3.8, 4) is 5.75 Å². The van der Waals surface area contributed by atoms with Gasteiger partial charge in [0.2, 0.25) is 0 Å². The molecule has 3 heterocycles. The number of hydrogen-bond acceptors (Lipinski definition) is 6. The highest BCUT2D eigenvalue weighted by atomic mass is 16.5. The van der Waals surface area contributed by atoms with Crippen LogP contribution in [0, 0.1) is 6.92 Å². The van der Waals surface area contributed by atoms with Gasteiger partial charge >= 0.3 is 0 Å². The zero-order valence-electron chi connectivity index (χ0n) is 18.3. The number of furan rings is 1. The number of hydrogen-bond donors (Lipinski definition) is 1. The summed E-state index contributed by atoms with van der Waals surface area (Å²) < 4.78 is 11.5. The second kappa shape index (κ2) is 8.23. The Kier molecular flexibility index (Phi) is 5.62. The van der Waals surface area contributed by atoms with Crippen LogP contribution in [0.2, 0.25) is 0 Å². The Hall–Kier alpha value is -3.06. The molecule has 1 aromatic heterocycles. The molecule has 0 bridgehead atoms. The molecule has 7 heteroatoms. The predicted octanol–water partition coefficient (Wildman–Crippen LogP) is 3.28. The van der Waals surface area contributed by atoms with Crippen molar-refractivity contribution in [3.05, 3.63) is 58.6 Å². The lowest BCUT2D eigenvalue weighted by Gasteiger charge is -2.24. The third-order valence-corrected chi connectivity index (χ3v) is 5.74. The maximum absolute atomic E-state index is 13.0. The van der Waals surface area contributed by atoms with Crippen molar-refractivity contribution in [2.75, 3.05) is 27.2 Å². The fourth-order valence-corrected chi connectivity index (χ4v) is 4.29. The van der Waals surface area contributed by atoms with Gasteiger partial charge in [-0.2, -0.15) is 0 Å². The maximum Gasteiger partial charge on any atom is 0.295 e. The van der Waals surface area contributed by atoms with Gasteiger partial charge in [0, 0.05) is 18.5 Å². The number of ether oxygens (including phenoxy) is 1. The number of benzene rings is 1. The Morgan fingerprint density at radius 1 is 1.23 bits per heavy atom. The number of aliphatic hydroxyl groups excluding tert-OH is 1. The number of nitrogens with zero attached hydrogens (tertiary/aromatic N) is 2. The second-order valence-corrected chi connectivity index (χ2v) is 8.55. The van der Waals surface area contributed by atoms with Crippen molar-refractivity contribution < 1.29 is 23.8 Å². The van der Waals surface area contributed by atoms with Crippen molar-refractivity contribution in [1.82, 2.24) is 9.80 Å². The lowest BCUT2D eigenvalue weighted by molar-refractivity contribution is -0.140. The first-order chi connectivity index (χ1) is 14.8. The standard InChI is InChI=1S/C24H28N2O5/c1-14-6-8-19(30-14)21-20(23(28)24(29)26(21)11-5-10-25(3)4)22(27)16-7-9-18-17(13-16)12-15(2)31-18/h6-9,13,15,21,27H,5,10-12H2,1-4H3/t15-,21+/m1/s1. The van der Waals surface area contributed by atoms with Crippen LogP contribution >= 0.6 is 0 Å². The summed E-state index contributed by atoms with van der Waals surface area (Å²) in [5, 5.41) is 11.2. The zero-order valence-corrected chi connectivity index (χ0v) is 18.3. The normalized spacial score (nSPS) is 22.3. The minimum atomic E-state index is -0.751. The number of fused-ring (bicyclic) bond motifs is 1. The van der Waals surface area contributed by atoms with Gasteiger partial charge < -0.3 is 24.1 Å². The van der Waals surface area contributed by atoms with E-state index in [0.29, 0.717) is 30.0 Å². The van der Waals surface area contributed by atoms with Gasteiger partial charge in [0.05, 0.1) is 5.57 Å². The summed E-state index contributed by atoms with van der Waals surface area (Å²) in [6.45, 7) is 4.96. The van der Waals surface area contributed by atoms with Gasteiger partial charge in [0.1, 0.15) is 35.2 Å². The predicted molar refractivity (Wildman–Crippen MR) is 116 cm³/mol. The van der Waals surface area contributed by atoms with Crippen molar-refractivity contribution in [3.63, 3.8) is 0 Å². The van der Waals surface area contributed by atoms with Crippen molar-refractivity contribution in [2.45, 2.75) is 38.8 Å². The number of ketones is 1. The van der Waals surface area contributed by atoms with Crippen LogP contribution < -0.4 is 4.74 Å². The fraction of sp³-hybridized carbons (Fsp3) is 0.417. The van der Waals surface area contributed by atoms with Gasteiger partial charge in [0.25, 0.3) is 11.7 Å². The number of rotatable bonds is 6. The van der Waals surface area contributed by atoms with Gasteiger partial charge in [-0.25, -0.2) is 0 Å². The third kappa shape index (κ3) is 3.97. The van der Waals surface area contributed by atoms with E-state index in [1.165, 1.54) is 4.90 Å². The largest absolute Gasteiger partial charge is 0.507 e. The summed E-state index contributed by atoms with van der Waals surface area (Å²) in [4.78, 5) is 29.5. The van der Waals surface area contributed by atoms with Gasteiger partial charge in [-0.3, -0.25) is 9.59 Å². The molecule has 2 aromatic rings. The summed E-state index contributed by atoms with van der Waals surface area (Å²) in [6.07, 6.45) is 1.50. The molecule has 1 aromatic carbocycles. The van der Waals surface area contributed by atoms with E-state index in [-0.39, 0.29) is 17.4 Å². The number of aliphatic hydroxyl groups is 1. The molecule has 1 amide bonds. The molecule has 1 N–H and O–H groups in total. The minimum absolute atomic E-state index is 0.0658. The first-order valence-electron chi connectivity index (χ1n) is 10.6. The highest BCUT2D eigenvalue weighted by molar-refractivity contribution is 6.46. The van der Waals surface area contributed by atoms with Crippen LogP contribution in [-0.2, 0) is 16.0 Å². The molecule has 1 saturated heterocycles. The van der Waals surface area contributed by atoms with E-state index >= 15 is 0 Å². The summed E-state index contributed by atoms with van der Waals surface area (Å²) >= 11 is 0. The SMILES string of the molecule is Cc1ccc([C@H]2C(=C(O)c3ccc4c(c3)C[C@@H](C)O4)C(=O)C(=O)N2CCCN(C)C)o1. The number of likely N-dealkylation sites (tertiary alicyclic amines) is 1. The number of amides is 1. The lowest BCUT2D eigenvalue weighted by Crippen LogP contribution is -2.32. The van der Waals surface area contributed by atoms with Gasteiger partial charge in [-0.05, 0) is 76.8 Å². The molecule has 0 saturated carbocycles. The van der Waals surface area contributed by atoms with E-state index in [2.05, 4.69) is 0 Å². The van der Waals surface area contributed by atoms with E-state index in [0.717, 1.165) is 24.3 Å². The lowest BCUT2D eigenvalue weighted by atomic mass is 9.97. The van der Waals surface area contributed by atoms with E-state index in [1.807, 2.05) is 38.9 Å². The van der Waals surface area contributed by atoms with Gasteiger partial charge in [-0.15, -0.1) is 0 Å². The minimum Gasteiger partial charge on any atom is -0.507 e. The molecule has 4 rings (SSSR count). The number of aryl methyl sites for hydroxylation is 1. The molecule has 2 aliphatic rings. The van der Waals surface area contributed by atoms with Crippen LogP contribution in [0.15, 0.2) is 40.3 Å². The summed E-state index contributed by atoms with van der Waals surface area (Å²) in [5.74, 6) is 0.448. The van der Waals surface area contributed by atoms with Crippen LogP contribution in [0.1, 0.15) is 42.0 Å². The smallest absolute Gasteiger partial charge is 0.295 e. The van der Waals surface area contributed by atoms with E-state index < -0.39 is 17.7 Å². The molecular formula is C24H28N2O5. The average Bonchev–Trinajstić information content (AvgIpc) is 3.37. The highest BCUT2D eigenvalue weighted by Gasteiger charge is 2.47. The first kappa shape index (κ1) is 21.2. The average molecular weight is 424 g/mol. The van der Waals surface area contributed by atoms with E-state index in [1.54, 1.807) is 24.3 Å². The van der Waals surface area contributed by atoms with Gasteiger partial charge in [0.15, 0.2) is 0 Å². The molecule has 1 fully saturated rings. The Balaban J connectivity index is 1.76. The molecule has 0 unspecified atom stereocenters. The molecule has 164 valence electrons. The highest BCUT2D eigenvalue weighted by Crippen LogP contribution is 2.41.